The molecule has 5 rings (SSSR count). The van der Waals surface area contributed by atoms with Crippen molar-refractivity contribution >= 4 is 11.9 Å². The fraction of sp³-hybridized carbons (Fsp3) is 0.324. The highest BCUT2D eigenvalue weighted by atomic mass is 16.5. The number of aryl methyl sites for hydroxylation is 1. The molecule has 1 heterocycles. The zero-order valence-corrected chi connectivity index (χ0v) is 23.6. The van der Waals surface area contributed by atoms with Gasteiger partial charge in [-0.15, -0.1) is 0 Å². The third-order valence-corrected chi connectivity index (χ3v) is 8.16. The smallest absolute Gasteiger partial charge is 0.316 e. The Labute approximate surface area is 236 Å². The average Bonchev–Trinajstić information content (AvgIpc) is 3.73. The highest BCUT2D eigenvalue weighted by Gasteiger charge is 2.52. The topological polar surface area (TPSA) is 72.6 Å². The van der Waals surface area contributed by atoms with Crippen LogP contribution in [0.25, 0.3) is 22.5 Å². The van der Waals surface area contributed by atoms with Crippen molar-refractivity contribution in [3.63, 3.8) is 0 Å². The standard InChI is InChI=1S/C34H36N2O4/c1-5-39-33(38)34(21-22-34)29-17-15-27(16-18-29)26-11-13-28(14-12-26)32-30(23(2)35-40-32)19-20-31(37)36(4)24(3)25-9-7-6-8-10-25/h6-18,24H,5,19-22H2,1-4H3/t24-/m1/s1. The van der Waals surface area contributed by atoms with E-state index in [4.69, 9.17) is 9.26 Å². The summed E-state index contributed by atoms with van der Waals surface area (Å²) in [6.45, 7) is 6.21. The Kier molecular flexibility index (Phi) is 7.88. The molecule has 3 aromatic carbocycles. The van der Waals surface area contributed by atoms with E-state index in [0.717, 1.165) is 51.9 Å². The molecule has 0 saturated heterocycles. The van der Waals surface area contributed by atoms with Crippen LogP contribution in [0.15, 0.2) is 83.4 Å². The van der Waals surface area contributed by atoms with E-state index >= 15 is 0 Å². The van der Waals surface area contributed by atoms with Crippen LogP contribution in [0.3, 0.4) is 0 Å². The minimum absolute atomic E-state index is 0.00155. The predicted octanol–water partition coefficient (Wildman–Crippen LogP) is 7.06. The third-order valence-electron chi connectivity index (χ3n) is 8.16. The van der Waals surface area contributed by atoms with Gasteiger partial charge >= 0.3 is 5.97 Å². The molecule has 1 aliphatic rings. The second-order valence-electron chi connectivity index (χ2n) is 10.6. The van der Waals surface area contributed by atoms with Crippen LogP contribution < -0.4 is 0 Å². The Balaban J connectivity index is 1.26. The zero-order chi connectivity index (χ0) is 28.3. The van der Waals surface area contributed by atoms with E-state index in [2.05, 4.69) is 29.4 Å². The summed E-state index contributed by atoms with van der Waals surface area (Å²) in [6, 6.07) is 26.4. The van der Waals surface area contributed by atoms with Crippen LogP contribution in [-0.4, -0.2) is 35.6 Å². The van der Waals surface area contributed by atoms with Crippen molar-refractivity contribution < 1.29 is 18.8 Å². The molecule has 6 heteroatoms. The molecule has 1 atom stereocenters. The second-order valence-corrected chi connectivity index (χ2v) is 10.6. The Morgan fingerprint density at radius 2 is 1.55 bits per heavy atom. The van der Waals surface area contributed by atoms with Crippen molar-refractivity contribution in [3.8, 4) is 22.5 Å². The van der Waals surface area contributed by atoms with E-state index < -0.39 is 5.41 Å². The number of nitrogens with zero attached hydrogens (tertiary/aromatic N) is 2. The molecule has 0 N–H and O–H groups in total. The summed E-state index contributed by atoms with van der Waals surface area (Å²) >= 11 is 0. The van der Waals surface area contributed by atoms with E-state index in [-0.39, 0.29) is 17.9 Å². The van der Waals surface area contributed by atoms with Crippen LogP contribution in [0, 0.1) is 6.92 Å². The lowest BCUT2D eigenvalue weighted by Gasteiger charge is -2.25. The highest BCUT2D eigenvalue weighted by molar-refractivity contribution is 5.87. The number of carbonyl (C=O) groups is 2. The van der Waals surface area contributed by atoms with Gasteiger partial charge in [0, 0.05) is 24.6 Å². The summed E-state index contributed by atoms with van der Waals surface area (Å²) in [6.07, 6.45) is 2.61. The lowest BCUT2D eigenvalue weighted by molar-refractivity contribution is -0.146. The first-order valence-electron chi connectivity index (χ1n) is 14.0. The molecule has 206 valence electrons. The molecule has 1 aliphatic carbocycles. The maximum Gasteiger partial charge on any atom is 0.316 e. The molecule has 0 aliphatic heterocycles. The van der Waals surface area contributed by atoms with Crippen LogP contribution in [0.1, 0.15) is 61.5 Å². The summed E-state index contributed by atoms with van der Waals surface area (Å²) in [5.41, 5.74) is 6.50. The molecule has 0 radical (unpaired) electrons. The van der Waals surface area contributed by atoms with Crippen molar-refractivity contribution in [2.45, 2.75) is 57.9 Å². The van der Waals surface area contributed by atoms with Crippen molar-refractivity contribution in [3.05, 3.63) is 101 Å². The predicted molar refractivity (Wildman–Crippen MR) is 156 cm³/mol. The summed E-state index contributed by atoms with van der Waals surface area (Å²) in [7, 11) is 1.86. The van der Waals surface area contributed by atoms with Crippen LogP contribution in [0.4, 0.5) is 0 Å². The van der Waals surface area contributed by atoms with Gasteiger partial charge in [0.1, 0.15) is 0 Å². The highest BCUT2D eigenvalue weighted by Crippen LogP contribution is 2.49. The van der Waals surface area contributed by atoms with Gasteiger partial charge < -0.3 is 14.2 Å². The minimum Gasteiger partial charge on any atom is -0.465 e. The van der Waals surface area contributed by atoms with Crippen LogP contribution >= 0.6 is 0 Å². The van der Waals surface area contributed by atoms with Crippen molar-refractivity contribution in [1.82, 2.24) is 10.1 Å². The molecule has 0 bridgehead atoms. The molecule has 1 aromatic heterocycles. The number of rotatable bonds is 10. The fourth-order valence-electron chi connectivity index (χ4n) is 5.29. The maximum atomic E-state index is 13.0. The van der Waals surface area contributed by atoms with Gasteiger partial charge in [-0.05, 0) is 62.3 Å². The van der Waals surface area contributed by atoms with Gasteiger partial charge in [0.15, 0.2) is 5.76 Å². The third kappa shape index (κ3) is 5.44. The molecule has 1 fully saturated rings. The quantitative estimate of drug-likeness (QED) is 0.203. The largest absolute Gasteiger partial charge is 0.465 e. The van der Waals surface area contributed by atoms with Gasteiger partial charge in [0.2, 0.25) is 5.91 Å². The van der Waals surface area contributed by atoms with Crippen LogP contribution in [-0.2, 0) is 26.2 Å². The van der Waals surface area contributed by atoms with Gasteiger partial charge in [-0.25, -0.2) is 0 Å². The van der Waals surface area contributed by atoms with Crippen LogP contribution in [0.5, 0.6) is 0 Å². The number of benzene rings is 3. The van der Waals surface area contributed by atoms with Crippen molar-refractivity contribution in [1.29, 1.82) is 0 Å². The monoisotopic (exact) mass is 536 g/mol. The minimum atomic E-state index is -0.464. The normalized spacial score (nSPS) is 14.4. The van der Waals surface area contributed by atoms with E-state index in [1.165, 1.54) is 0 Å². The SMILES string of the molecule is CCOC(=O)C1(c2ccc(-c3ccc(-c4onc(C)c4CCC(=O)N(C)[C@H](C)c4ccccc4)cc3)cc2)CC1. The lowest BCUT2D eigenvalue weighted by Crippen LogP contribution is -2.29. The molecule has 0 unspecified atom stereocenters. The van der Waals surface area contributed by atoms with E-state index in [1.807, 2.05) is 82.4 Å². The van der Waals surface area contributed by atoms with Gasteiger partial charge in [-0.3, -0.25) is 9.59 Å². The number of amides is 1. The van der Waals surface area contributed by atoms with E-state index in [0.29, 0.717) is 25.2 Å². The molecule has 40 heavy (non-hydrogen) atoms. The first kappa shape index (κ1) is 27.4. The Bertz CT molecular complexity index is 1470. The van der Waals surface area contributed by atoms with E-state index in [1.54, 1.807) is 4.90 Å². The Hall–Kier alpha value is -4.19. The summed E-state index contributed by atoms with van der Waals surface area (Å²) < 4.78 is 11.0. The number of carbonyl (C=O) groups excluding carboxylic acids is 2. The number of hydrogen-bond acceptors (Lipinski definition) is 5. The number of hydrogen-bond donors (Lipinski definition) is 0. The van der Waals surface area contributed by atoms with E-state index in [9.17, 15) is 9.59 Å². The zero-order valence-electron chi connectivity index (χ0n) is 23.6. The first-order chi connectivity index (χ1) is 19.3. The van der Waals surface area contributed by atoms with Gasteiger partial charge in [-0.1, -0.05) is 84.0 Å². The average molecular weight is 537 g/mol. The number of esters is 1. The number of aromatic nitrogens is 1. The van der Waals surface area contributed by atoms with Gasteiger partial charge in [0.25, 0.3) is 0 Å². The van der Waals surface area contributed by atoms with Crippen LogP contribution in [0.2, 0.25) is 0 Å². The fourth-order valence-corrected chi connectivity index (χ4v) is 5.29. The maximum absolute atomic E-state index is 13.0. The van der Waals surface area contributed by atoms with Crippen molar-refractivity contribution in [2.75, 3.05) is 13.7 Å². The Morgan fingerprint density at radius 1 is 0.950 bits per heavy atom. The second kappa shape index (κ2) is 11.5. The Morgan fingerprint density at radius 3 is 2.15 bits per heavy atom. The molecule has 0 spiro atoms. The summed E-state index contributed by atoms with van der Waals surface area (Å²) in [5, 5.41) is 4.21. The summed E-state index contributed by atoms with van der Waals surface area (Å²) in [4.78, 5) is 27.3. The molecule has 6 nitrogen and oxygen atoms in total. The lowest BCUT2D eigenvalue weighted by atomic mass is 9.93. The molecule has 4 aromatic rings. The van der Waals surface area contributed by atoms with Crippen molar-refractivity contribution in [2.24, 2.45) is 0 Å². The van der Waals surface area contributed by atoms with Gasteiger partial charge in [-0.2, -0.15) is 0 Å². The first-order valence-corrected chi connectivity index (χ1v) is 14.0. The number of ether oxygens (including phenoxy) is 1. The molecular formula is C34H36N2O4. The van der Waals surface area contributed by atoms with Gasteiger partial charge in [0.05, 0.1) is 23.8 Å². The molecular weight excluding hydrogens is 500 g/mol. The molecule has 1 amide bonds. The molecule has 1 saturated carbocycles. The summed E-state index contributed by atoms with van der Waals surface area (Å²) in [5.74, 6) is 0.665.